The average molecular weight is 409 g/mol. The number of rotatable bonds is 7. The van der Waals surface area contributed by atoms with Crippen molar-refractivity contribution in [3.05, 3.63) is 53.7 Å². The van der Waals surface area contributed by atoms with Gasteiger partial charge in [0.25, 0.3) is 5.91 Å². The zero-order valence-electron chi connectivity index (χ0n) is 17.1. The van der Waals surface area contributed by atoms with E-state index < -0.39 is 0 Å². The fraction of sp³-hybridized carbons (Fsp3) is 0.364. The van der Waals surface area contributed by atoms with Gasteiger partial charge in [0.05, 0.1) is 17.8 Å². The number of piperidine rings is 1. The van der Waals surface area contributed by atoms with Gasteiger partial charge < -0.3 is 21.3 Å². The van der Waals surface area contributed by atoms with Crippen molar-refractivity contribution in [2.75, 3.05) is 29.9 Å². The van der Waals surface area contributed by atoms with E-state index in [0.717, 1.165) is 30.8 Å². The van der Waals surface area contributed by atoms with Gasteiger partial charge in [-0.3, -0.25) is 14.4 Å². The third kappa shape index (κ3) is 5.56. The molecule has 2 aromatic rings. The third-order valence-electron chi connectivity index (χ3n) is 5.21. The molecule has 1 aliphatic heterocycles. The van der Waals surface area contributed by atoms with Crippen LogP contribution in [0.3, 0.4) is 0 Å². The van der Waals surface area contributed by atoms with Crippen molar-refractivity contribution in [2.45, 2.75) is 26.2 Å². The molecule has 8 nitrogen and oxygen atoms in total. The Morgan fingerprint density at radius 3 is 2.70 bits per heavy atom. The highest BCUT2D eigenvalue weighted by Crippen LogP contribution is 2.22. The summed E-state index contributed by atoms with van der Waals surface area (Å²) in [5.74, 6) is -0.0820. The SMILES string of the molecule is Cc1ccccc1C(=O)NCCC(=O)Nc1ccc(N2CCCC(C(N)=O)C2)nc1. The van der Waals surface area contributed by atoms with Crippen LogP contribution in [0.15, 0.2) is 42.6 Å². The molecule has 1 atom stereocenters. The summed E-state index contributed by atoms with van der Waals surface area (Å²) < 4.78 is 0. The van der Waals surface area contributed by atoms with Gasteiger partial charge in [-0.15, -0.1) is 0 Å². The first kappa shape index (κ1) is 21.3. The highest BCUT2D eigenvalue weighted by molar-refractivity contribution is 5.96. The van der Waals surface area contributed by atoms with Crippen molar-refractivity contribution in [3.63, 3.8) is 0 Å². The number of hydrogen-bond donors (Lipinski definition) is 3. The number of nitrogens with two attached hydrogens (primary N) is 1. The number of benzene rings is 1. The van der Waals surface area contributed by atoms with Crippen molar-refractivity contribution < 1.29 is 14.4 Å². The molecule has 4 N–H and O–H groups in total. The van der Waals surface area contributed by atoms with Gasteiger partial charge in [0.2, 0.25) is 11.8 Å². The Labute approximate surface area is 175 Å². The quantitative estimate of drug-likeness (QED) is 0.645. The lowest BCUT2D eigenvalue weighted by molar-refractivity contribution is -0.122. The minimum atomic E-state index is -0.280. The number of aryl methyl sites for hydroxylation is 1. The smallest absolute Gasteiger partial charge is 0.251 e. The Kier molecular flexibility index (Phi) is 7.00. The fourth-order valence-electron chi connectivity index (χ4n) is 3.50. The van der Waals surface area contributed by atoms with Gasteiger partial charge in [-0.2, -0.15) is 0 Å². The van der Waals surface area contributed by atoms with Crippen LogP contribution in [0.5, 0.6) is 0 Å². The lowest BCUT2D eigenvalue weighted by Gasteiger charge is -2.32. The number of carbonyl (C=O) groups excluding carboxylic acids is 3. The molecule has 1 aliphatic rings. The Morgan fingerprint density at radius 1 is 1.20 bits per heavy atom. The molecule has 0 radical (unpaired) electrons. The maximum Gasteiger partial charge on any atom is 0.251 e. The summed E-state index contributed by atoms with van der Waals surface area (Å²) in [5, 5.41) is 5.54. The van der Waals surface area contributed by atoms with Gasteiger partial charge in [-0.1, -0.05) is 18.2 Å². The molecule has 3 amide bonds. The van der Waals surface area contributed by atoms with Gasteiger partial charge in [0.1, 0.15) is 5.82 Å². The van der Waals surface area contributed by atoms with Crippen LogP contribution in [0.4, 0.5) is 11.5 Å². The van der Waals surface area contributed by atoms with E-state index in [1.54, 1.807) is 18.3 Å². The third-order valence-corrected chi connectivity index (χ3v) is 5.21. The minimum Gasteiger partial charge on any atom is -0.369 e. The molecule has 0 saturated carbocycles. The van der Waals surface area contributed by atoms with Crippen LogP contribution in [0.25, 0.3) is 0 Å². The standard InChI is InChI=1S/C22H27N5O3/c1-15-5-2-3-7-18(15)22(30)24-11-10-20(28)26-17-8-9-19(25-13-17)27-12-4-6-16(14-27)21(23)29/h2-3,5,7-9,13,16H,4,6,10-12,14H2,1H3,(H2,23,29)(H,24,30)(H,26,28). The topological polar surface area (TPSA) is 117 Å². The Morgan fingerprint density at radius 2 is 2.00 bits per heavy atom. The van der Waals surface area contributed by atoms with E-state index in [0.29, 0.717) is 17.8 Å². The Hall–Kier alpha value is -3.42. The summed E-state index contributed by atoms with van der Waals surface area (Å²) in [5.41, 5.74) is 7.50. The second-order valence-corrected chi connectivity index (χ2v) is 7.46. The lowest BCUT2D eigenvalue weighted by atomic mass is 9.97. The molecule has 8 heteroatoms. The maximum atomic E-state index is 12.2. The number of primary amides is 1. The first-order valence-corrected chi connectivity index (χ1v) is 10.1. The van der Waals surface area contributed by atoms with Gasteiger partial charge in [-0.05, 0) is 43.5 Å². The molecule has 0 bridgehead atoms. The Bertz CT molecular complexity index is 913. The van der Waals surface area contributed by atoms with Crippen molar-refractivity contribution in [2.24, 2.45) is 11.7 Å². The predicted molar refractivity (Wildman–Crippen MR) is 115 cm³/mol. The molecular formula is C22H27N5O3. The number of hydrogen-bond acceptors (Lipinski definition) is 5. The van der Waals surface area contributed by atoms with E-state index in [-0.39, 0.29) is 36.6 Å². The van der Waals surface area contributed by atoms with Crippen LogP contribution < -0.4 is 21.3 Å². The van der Waals surface area contributed by atoms with Crippen molar-refractivity contribution in [1.29, 1.82) is 0 Å². The van der Waals surface area contributed by atoms with E-state index in [1.165, 1.54) is 0 Å². The second-order valence-electron chi connectivity index (χ2n) is 7.46. The zero-order valence-corrected chi connectivity index (χ0v) is 17.1. The fourth-order valence-corrected chi connectivity index (χ4v) is 3.50. The van der Waals surface area contributed by atoms with E-state index >= 15 is 0 Å². The number of nitrogens with zero attached hydrogens (tertiary/aromatic N) is 2. The number of anilines is 2. The highest BCUT2D eigenvalue weighted by atomic mass is 16.2. The molecule has 1 fully saturated rings. The van der Waals surface area contributed by atoms with Crippen LogP contribution in [-0.4, -0.2) is 42.3 Å². The van der Waals surface area contributed by atoms with E-state index in [2.05, 4.69) is 15.6 Å². The monoisotopic (exact) mass is 409 g/mol. The second kappa shape index (κ2) is 9.87. The number of nitrogens with one attached hydrogen (secondary N) is 2. The van der Waals surface area contributed by atoms with Crippen molar-refractivity contribution in [3.8, 4) is 0 Å². The van der Waals surface area contributed by atoms with Crippen LogP contribution >= 0.6 is 0 Å². The summed E-state index contributed by atoms with van der Waals surface area (Å²) in [4.78, 5) is 42.2. The first-order chi connectivity index (χ1) is 14.4. The number of carbonyl (C=O) groups is 3. The Balaban J connectivity index is 1.46. The number of amides is 3. The van der Waals surface area contributed by atoms with Crippen LogP contribution in [0, 0.1) is 12.8 Å². The van der Waals surface area contributed by atoms with Gasteiger partial charge in [-0.25, -0.2) is 4.98 Å². The van der Waals surface area contributed by atoms with E-state index in [9.17, 15) is 14.4 Å². The molecule has 1 aromatic heterocycles. The number of aromatic nitrogens is 1. The summed E-state index contributed by atoms with van der Waals surface area (Å²) in [6.45, 7) is 3.50. The zero-order chi connectivity index (χ0) is 21.5. The van der Waals surface area contributed by atoms with Crippen molar-refractivity contribution in [1.82, 2.24) is 10.3 Å². The summed E-state index contributed by atoms with van der Waals surface area (Å²) >= 11 is 0. The molecule has 1 aromatic carbocycles. The lowest BCUT2D eigenvalue weighted by Crippen LogP contribution is -2.41. The van der Waals surface area contributed by atoms with Crippen LogP contribution in [-0.2, 0) is 9.59 Å². The maximum absolute atomic E-state index is 12.2. The highest BCUT2D eigenvalue weighted by Gasteiger charge is 2.24. The van der Waals surface area contributed by atoms with Crippen LogP contribution in [0.1, 0.15) is 35.2 Å². The molecule has 2 heterocycles. The van der Waals surface area contributed by atoms with E-state index in [1.807, 2.05) is 36.1 Å². The first-order valence-electron chi connectivity index (χ1n) is 10.1. The predicted octanol–water partition coefficient (Wildman–Crippen LogP) is 1.85. The summed E-state index contributed by atoms with van der Waals surface area (Å²) in [6.07, 6.45) is 3.45. The van der Waals surface area contributed by atoms with E-state index in [4.69, 9.17) is 5.73 Å². The largest absolute Gasteiger partial charge is 0.369 e. The minimum absolute atomic E-state index is 0.158. The van der Waals surface area contributed by atoms with Gasteiger partial charge in [0.15, 0.2) is 0 Å². The molecule has 30 heavy (non-hydrogen) atoms. The summed E-state index contributed by atoms with van der Waals surface area (Å²) in [6, 6.07) is 10.9. The molecule has 3 rings (SSSR count). The average Bonchev–Trinajstić information content (AvgIpc) is 2.74. The normalized spacial score (nSPS) is 16.0. The summed E-state index contributed by atoms with van der Waals surface area (Å²) in [7, 11) is 0. The molecule has 1 saturated heterocycles. The molecule has 158 valence electrons. The van der Waals surface area contributed by atoms with Gasteiger partial charge in [0, 0.05) is 31.6 Å². The molecular weight excluding hydrogens is 382 g/mol. The number of pyridine rings is 1. The molecule has 0 aliphatic carbocycles. The van der Waals surface area contributed by atoms with Gasteiger partial charge >= 0.3 is 0 Å². The van der Waals surface area contributed by atoms with Crippen LogP contribution in [0.2, 0.25) is 0 Å². The molecule has 1 unspecified atom stereocenters. The van der Waals surface area contributed by atoms with Crippen molar-refractivity contribution >= 4 is 29.2 Å². The molecule has 0 spiro atoms.